The second-order valence-corrected chi connectivity index (χ2v) is 5.21. The van der Waals surface area contributed by atoms with E-state index in [4.69, 9.17) is 5.73 Å². The topological polar surface area (TPSA) is 26.0 Å². The third-order valence-electron chi connectivity index (χ3n) is 1.83. The fraction of sp³-hybridized carbons (Fsp3) is 0.455. The lowest BCUT2D eigenvalue weighted by atomic mass is 10.0. The van der Waals surface area contributed by atoms with Crippen LogP contribution in [0.25, 0.3) is 0 Å². The minimum absolute atomic E-state index is 0.118. The van der Waals surface area contributed by atoms with Crippen molar-refractivity contribution in [1.29, 1.82) is 0 Å². The maximum absolute atomic E-state index is 12.6. The molecule has 14 heavy (non-hydrogen) atoms. The van der Waals surface area contributed by atoms with Crippen LogP contribution in [0, 0.1) is 5.82 Å². The quantitative estimate of drug-likeness (QED) is 0.778. The molecule has 1 nitrogen and oxygen atoms in total. The second-order valence-electron chi connectivity index (χ2n) is 4.04. The summed E-state index contributed by atoms with van der Waals surface area (Å²) >= 11 is 1.71. The standard InChI is InChI=1S/C11H16FNS/c1-11(2,13)7-8-14-10-5-3-9(12)4-6-10/h3-6H,7-8,13H2,1-2H3. The molecule has 1 aromatic carbocycles. The molecule has 0 aliphatic rings. The number of halogens is 1. The van der Waals surface area contributed by atoms with Crippen molar-refractivity contribution in [3.05, 3.63) is 30.1 Å². The summed E-state index contributed by atoms with van der Waals surface area (Å²) in [5, 5.41) is 0. The van der Waals surface area contributed by atoms with E-state index < -0.39 is 0 Å². The average molecular weight is 213 g/mol. The van der Waals surface area contributed by atoms with Crippen LogP contribution in [0.5, 0.6) is 0 Å². The smallest absolute Gasteiger partial charge is 0.123 e. The van der Waals surface area contributed by atoms with E-state index in [1.165, 1.54) is 12.1 Å². The largest absolute Gasteiger partial charge is 0.326 e. The van der Waals surface area contributed by atoms with Crippen molar-refractivity contribution in [3.63, 3.8) is 0 Å². The molecule has 0 aliphatic heterocycles. The Balaban J connectivity index is 2.35. The van der Waals surface area contributed by atoms with Gasteiger partial charge in [0, 0.05) is 10.4 Å². The molecule has 0 atom stereocenters. The van der Waals surface area contributed by atoms with E-state index in [-0.39, 0.29) is 11.4 Å². The second kappa shape index (κ2) is 4.80. The summed E-state index contributed by atoms with van der Waals surface area (Å²) in [5.41, 5.74) is 5.73. The zero-order valence-electron chi connectivity index (χ0n) is 8.59. The lowest BCUT2D eigenvalue weighted by Gasteiger charge is -2.17. The maximum Gasteiger partial charge on any atom is 0.123 e. The molecule has 1 aromatic rings. The first-order chi connectivity index (χ1) is 6.47. The van der Waals surface area contributed by atoms with Gasteiger partial charge in [-0.1, -0.05) is 0 Å². The van der Waals surface area contributed by atoms with E-state index in [1.807, 2.05) is 13.8 Å². The van der Waals surface area contributed by atoms with E-state index in [1.54, 1.807) is 23.9 Å². The van der Waals surface area contributed by atoms with Crippen molar-refractivity contribution < 1.29 is 4.39 Å². The first-order valence-corrected chi connectivity index (χ1v) is 5.63. The van der Waals surface area contributed by atoms with Crippen molar-refractivity contribution >= 4 is 11.8 Å². The Morgan fingerprint density at radius 1 is 1.29 bits per heavy atom. The molecular formula is C11H16FNS. The van der Waals surface area contributed by atoms with Crippen molar-refractivity contribution in [2.24, 2.45) is 5.73 Å². The maximum atomic E-state index is 12.6. The van der Waals surface area contributed by atoms with E-state index in [9.17, 15) is 4.39 Å². The highest BCUT2D eigenvalue weighted by atomic mass is 32.2. The number of benzene rings is 1. The molecule has 0 spiro atoms. The van der Waals surface area contributed by atoms with Crippen LogP contribution in [0.3, 0.4) is 0 Å². The van der Waals surface area contributed by atoms with Crippen LogP contribution in [-0.4, -0.2) is 11.3 Å². The molecule has 0 unspecified atom stereocenters. The minimum atomic E-state index is -0.187. The normalized spacial score (nSPS) is 11.7. The van der Waals surface area contributed by atoms with Crippen LogP contribution >= 0.6 is 11.8 Å². The summed E-state index contributed by atoms with van der Waals surface area (Å²) in [6.07, 6.45) is 0.953. The predicted octanol–water partition coefficient (Wildman–Crippen LogP) is 3.05. The summed E-state index contributed by atoms with van der Waals surface area (Å²) in [6, 6.07) is 6.55. The lowest BCUT2D eigenvalue weighted by Crippen LogP contribution is -2.32. The first kappa shape index (κ1) is 11.5. The molecule has 0 aromatic heterocycles. The van der Waals surface area contributed by atoms with E-state index >= 15 is 0 Å². The third kappa shape index (κ3) is 4.63. The molecule has 0 amide bonds. The fourth-order valence-corrected chi connectivity index (χ4v) is 2.16. The van der Waals surface area contributed by atoms with Gasteiger partial charge in [0.2, 0.25) is 0 Å². The molecule has 0 saturated carbocycles. The molecule has 3 heteroatoms. The summed E-state index contributed by atoms with van der Waals surface area (Å²) in [4.78, 5) is 1.09. The Morgan fingerprint density at radius 3 is 2.36 bits per heavy atom. The zero-order valence-corrected chi connectivity index (χ0v) is 9.40. The summed E-state index contributed by atoms with van der Waals surface area (Å²) in [7, 11) is 0. The van der Waals surface area contributed by atoms with Gasteiger partial charge < -0.3 is 5.73 Å². The molecule has 0 heterocycles. The van der Waals surface area contributed by atoms with Gasteiger partial charge >= 0.3 is 0 Å². The summed E-state index contributed by atoms with van der Waals surface area (Å²) in [6.45, 7) is 4.02. The summed E-state index contributed by atoms with van der Waals surface area (Å²) < 4.78 is 12.6. The SMILES string of the molecule is CC(C)(N)CCSc1ccc(F)cc1. The first-order valence-electron chi connectivity index (χ1n) is 4.65. The van der Waals surface area contributed by atoms with Crippen molar-refractivity contribution in [2.75, 3.05) is 5.75 Å². The van der Waals surface area contributed by atoms with Crippen LogP contribution in [0.2, 0.25) is 0 Å². The van der Waals surface area contributed by atoms with Gasteiger partial charge in [-0.25, -0.2) is 4.39 Å². The average Bonchev–Trinajstić information content (AvgIpc) is 2.06. The number of rotatable bonds is 4. The minimum Gasteiger partial charge on any atom is -0.326 e. The van der Waals surface area contributed by atoms with Crippen LogP contribution in [0.1, 0.15) is 20.3 Å². The zero-order chi connectivity index (χ0) is 10.6. The predicted molar refractivity (Wildman–Crippen MR) is 60.0 cm³/mol. The Bertz CT molecular complexity index is 276. The Kier molecular flexibility index (Phi) is 3.96. The van der Waals surface area contributed by atoms with Crippen LogP contribution < -0.4 is 5.73 Å². The van der Waals surface area contributed by atoms with Gasteiger partial charge in [0.05, 0.1) is 0 Å². The number of hydrogen-bond acceptors (Lipinski definition) is 2. The van der Waals surface area contributed by atoms with Crippen LogP contribution in [-0.2, 0) is 0 Å². The van der Waals surface area contributed by atoms with Crippen molar-refractivity contribution in [1.82, 2.24) is 0 Å². The molecule has 0 fully saturated rings. The molecule has 0 saturated heterocycles. The fourth-order valence-electron chi connectivity index (χ4n) is 0.963. The van der Waals surface area contributed by atoms with E-state index in [0.717, 1.165) is 17.1 Å². The molecule has 78 valence electrons. The van der Waals surface area contributed by atoms with Gasteiger partial charge in [-0.05, 0) is 50.3 Å². The number of hydrogen-bond donors (Lipinski definition) is 1. The van der Waals surface area contributed by atoms with E-state index in [2.05, 4.69) is 0 Å². The highest BCUT2D eigenvalue weighted by Gasteiger charge is 2.09. The van der Waals surface area contributed by atoms with Gasteiger partial charge in [0.1, 0.15) is 5.82 Å². The summed E-state index contributed by atoms with van der Waals surface area (Å²) in [5.74, 6) is 0.781. The lowest BCUT2D eigenvalue weighted by molar-refractivity contribution is 0.506. The van der Waals surface area contributed by atoms with Crippen molar-refractivity contribution in [3.8, 4) is 0 Å². The van der Waals surface area contributed by atoms with Crippen LogP contribution in [0.4, 0.5) is 4.39 Å². The molecule has 2 N–H and O–H groups in total. The molecular weight excluding hydrogens is 197 g/mol. The molecule has 0 bridgehead atoms. The highest BCUT2D eigenvalue weighted by molar-refractivity contribution is 7.99. The van der Waals surface area contributed by atoms with E-state index in [0.29, 0.717) is 0 Å². The van der Waals surface area contributed by atoms with Gasteiger partial charge in [-0.15, -0.1) is 11.8 Å². The van der Waals surface area contributed by atoms with Crippen molar-refractivity contribution in [2.45, 2.75) is 30.7 Å². The highest BCUT2D eigenvalue weighted by Crippen LogP contribution is 2.20. The van der Waals surface area contributed by atoms with Gasteiger partial charge in [-0.3, -0.25) is 0 Å². The van der Waals surface area contributed by atoms with Gasteiger partial charge in [0.25, 0.3) is 0 Å². The van der Waals surface area contributed by atoms with Crippen LogP contribution in [0.15, 0.2) is 29.2 Å². The number of nitrogens with two attached hydrogens (primary N) is 1. The molecule has 1 rings (SSSR count). The third-order valence-corrected chi connectivity index (χ3v) is 2.84. The Morgan fingerprint density at radius 2 is 1.86 bits per heavy atom. The Labute approximate surface area is 88.9 Å². The van der Waals surface area contributed by atoms with Gasteiger partial charge in [-0.2, -0.15) is 0 Å². The number of thioether (sulfide) groups is 1. The van der Waals surface area contributed by atoms with Gasteiger partial charge in [0.15, 0.2) is 0 Å². The monoisotopic (exact) mass is 213 g/mol. The molecule has 0 aliphatic carbocycles. The Hall–Kier alpha value is -0.540. The molecule has 0 radical (unpaired) electrons.